The fourth-order valence-electron chi connectivity index (χ4n) is 4.45. The number of rotatable bonds is 4. The summed E-state index contributed by atoms with van der Waals surface area (Å²) in [6.07, 6.45) is 15.0. The first-order valence-corrected chi connectivity index (χ1v) is 9.62. The molecule has 1 N–H and O–H groups in total. The molecule has 2 aliphatic rings. The van der Waals surface area contributed by atoms with Crippen LogP contribution in [0, 0.1) is 0 Å². The minimum Gasteiger partial charge on any atom is -0.389 e. The van der Waals surface area contributed by atoms with Crippen molar-refractivity contribution >= 4 is 15.9 Å². The Morgan fingerprint density at radius 1 is 0.857 bits per heavy atom. The lowest BCUT2D eigenvalue weighted by molar-refractivity contribution is 0.419. The van der Waals surface area contributed by atoms with E-state index in [2.05, 4.69) is 33.8 Å². The average Bonchev–Trinajstić information content (AvgIpc) is 2.56. The largest absolute Gasteiger partial charge is 0.389 e. The molecule has 3 radical (unpaired) electrons. The number of anilines is 1. The van der Waals surface area contributed by atoms with Crippen molar-refractivity contribution in [2.24, 2.45) is 0 Å². The Bertz CT molecular complexity index is 445. The van der Waals surface area contributed by atoms with Gasteiger partial charge in [-0.25, -0.2) is 0 Å². The van der Waals surface area contributed by atoms with E-state index in [0.29, 0.717) is 0 Å². The van der Waals surface area contributed by atoms with Crippen LogP contribution >= 0.6 is 0 Å². The van der Waals surface area contributed by atoms with Gasteiger partial charge in [0.25, 0.3) is 0 Å². The van der Waals surface area contributed by atoms with Crippen molar-refractivity contribution < 1.29 is 0 Å². The molecule has 3 rings (SSSR count). The summed E-state index contributed by atoms with van der Waals surface area (Å²) in [6.45, 7) is 0. The first-order valence-electron chi connectivity index (χ1n) is 8.91. The predicted octanol–water partition coefficient (Wildman–Crippen LogP) is 5.32. The van der Waals surface area contributed by atoms with Crippen LogP contribution in [0.1, 0.15) is 87.2 Å². The van der Waals surface area contributed by atoms with Crippen molar-refractivity contribution in [1.29, 1.82) is 0 Å². The van der Waals surface area contributed by atoms with E-state index in [-0.39, 0.29) is 0 Å². The zero-order chi connectivity index (χ0) is 14.5. The SMILES string of the molecule is [Si]CNc1cccc(C2CCCCC2)c1C1CCCCC1. The Balaban J connectivity index is 1.94. The molecule has 0 unspecified atom stereocenters. The van der Waals surface area contributed by atoms with Crippen LogP contribution in [0.3, 0.4) is 0 Å². The van der Waals surface area contributed by atoms with Gasteiger partial charge in [-0.05, 0) is 54.7 Å². The van der Waals surface area contributed by atoms with Crippen molar-refractivity contribution in [2.75, 3.05) is 11.5 Å². The molecule has 0 aromatic heterocycles. The molecule has 2 saturated carbocycles. The molecule has 1 nitrogen and oxygen atoms in total. The standard InChI is InChI=1S/C19H28NSi/c21-14-20-18-13-7-12-17(15-8-3-1-4-9-15)19(18)16-10-5-2-6-11-16/h7,12-13,15-16,20H,1-6,8-11,14H2. The molecular formula is C19H28NSi. The van der Waals surface area contributed by atoms with Gasteiger partial charge >= 0.3 is 0 Å². The average molecular weight is 299 g/mol. The number of benzene rings is 1. The molecule has 0 spiro atoms. The molecule has 2 heteroatoms. The lowest BCUT2D eigenvalue weighted by atomic mass is 9.75. The summed E-state index contributed by atoms with van der Waals surface area (Å²) in [5.74, 6) is 1.60. The Morgan fingerprint density at radius 3 is 2.10 bits per heavy atom. The topological polar surface area (TPSA) is 12.0 Å². The van der Waals surface area contributed by atoms with Crippen LogP contribution in [0.4, 0.5) is 5.69 Å². The summed E-state index contributed by atoms with van der Waals surface area (Å²) in [5, 5.41) is 3.57. The van der Waals surface area contributed by atoms with Crippen molar-refractivity contribution in [2.45, 2.75) is 76.0 Å². The molecule has 0 bridgehead atoms. The van der Waals surface area contributed by atoms with Gasteiger partial charge in [0.1, 0.15) is 0 Å². The maximum Gasteiger partial charge on any atom is 0.0509 e. The molecule has 1 aromatic carbocycles. The summed E-state index contributed by atoms with van der Waals surface area (Å²) in [6, 6.07) is 6.98. The van der Waals surface area contributed by atoms with Crippen LogP contribution < -0.4 is 5.32 Å². The lowest BCUT2D eigenvalue weighted by Crippen LogP contribution is -2.15. The van der Waals surface area contributed by atoms with Crippen molar-refractivity contribution in [3.63, 3.8) is 0 Å². The van der Waals surface area contributed by atoms with E-state index in [1.807, 2.05) is 0 Å². The fourth-order valence-corrected chi connectivity index (χ4v) is 4.64. The van der Waals surface area contributed by atoms with Crippen LogP contribution in [0.2, 0.25) is 0 Å². The summed E-state index contributed by atoms with van der Waals surface area (Å²) >= 11 is 0. The molecule has 1 aromatic rings. The highest BCUT2D eigenvalue weighted by Crippen LogP contribution is 2.43. The van der Waals surface area contributed by atoms with Crippen molar-refractivity contribution in [3.8, 4) is 0 Å². The highest BCUT2D eigenvalue weighted by molar-refractivity contribution is 6.10. The predicted molar refractivity (Wildman–Crippen MR) is 92.3 cm³/mol. The van der Waals surface area contributed by atoms with E-state index in [1.165, 1.54) is 69.9 Å². The van der Waals surface area contributed by atoms with Crippen LogP contribution in [0.5, 0.6) is 0 Å². The van der Waals surface area contributed by atoms with Gasteiger partial charge in [-0.15, -0.1) is 0 Å². The summed E-state index contributed by atoms with van der Waals surface area (Å²) in [4.78, 5) is 0. The second-order valence-electron chi connectivity index (χ2n) is 6.83. The number of hydrogen-bond donors (Lipinski definition) is 1. The van der Waals surface area contributed by atoms with Gasteiger partial charge in [-0.3, -0.25) is 0 Å². The Morgan fingerprint density at radius 2 is 1.48 bits per heavy atom. The summed E-state index contributed by atoms with van der Waals surface area (Å²) in [5.41, 5.74) is 4.73. The zero-order valence-corrected chi connectivity index (χ0v) is 14.2. The van der Waals surface area contributed by atoms with E-state index in [0.717, 1.165) is 18.0 Å². The molecule has 2 fully saturated rings. The first kappa shape index (κ1) is 15.1. The minimum atomic E-state index is 0.789. The van der Waals surface area contributed by atoms with E-state index in [9.17, 15) is 0 Å². The highest BCUT2D eigenvalue weighted by atomic mass is 28.1. The second-order valence-corrected chi connectivity index (χ2v) is 7.19. The van der Waals surface area contributed by atoms with Gasteiger partial charge < -0.3 is 5.32 Å². The molecule has 2 aliphatic carbocycles. The maximum atomic E-state index is 3.60. The Hall–Kier alpha value is -0.763. The fraction of sp³-hybridized carbons (Fsp3) is 0.684. The molecule has 113 valence electrons. The molecule has 0 heterocycles. The van der Waals surface area contributed by atoms with Crippen LogP contribution in [-0.4, -0.2) is 16.4 Å². The summed E-state index contributed by atoms with van der Waals surface area (Å²) in [7, 11) is 3.60. The van der Waals surface area contributed by atoms with Crippen LogP contribution in [-0.2, 0) is 0 Å². The highest BCUT2D eigenvalue weighted by Gasteiger charge is 2.25. The van der Waals surface area contributed by atoms with Gasteiger partial charge in [-0.1, -0.05) is 50.7 Å². The van der Waals surface area contributed by atoms with Gasteiger partial charge in [0.15, 0.2) is 0 Å². The summed E-state index contributed by atoms with van der Waals surface area (Å²) < 4.78 is 0. The number of nitrogens with one attached hydrogen (secondary N) is 1. The molecular weight excluding hydrogens is 270 g/mol. The first-order chi connectivity index (χ1) is 10.4. The second kappa shape index (κ2) is 7.48. The van der Waals surface area contributed by atoms with Crippen LogP contribution in [0.25, 0.3) is 0 Å². The van der Waals surface area contributed by atoms with Gasteiger partial charge in [0.05, 0.1) is 10.2 Å². The van der Waals surface area contributed by atoms with Gasteiger partial charge in [0.2, 0.25) is 0 Å². The third kappa shape index (κ3) is 3.53. The Kier molecular flexibility index (Phi) is 5.40. The Labute approximate surface area is 133 Å². The third-order valence-corrected chi connectivity index (χ3v) is 5.65. The van der Waals surface area contributed by atoms with E-state index in [4.69, 9.17) is 0 Å². The van der Waals surface area contributed by atoms with Crippen molar-refractivity contribution in [3.05, 3.63) is 29.3 Å². The third-order valence-electron chi connectivity index (χ3n) is 5.48. The smallest absolute Gasteiger partial charge is 0.0509 e. The zero-order valence-electron chi connectivity index (χ0n) is 13.2. The molecule has 21 heavy (non-hydrogen) atoms. The normalized spacial score (nSPS) is 21.4. The van der Waals surface area contributed by atoms with Gasteiger partial charge in [0, 0.05) is 11.9 Å². The van der Waals surface area contributed by atoms with Gasteiger partial charge in [-0.2, -0.15) is 0 Å². The lowest BCUT2D eigenvalue weighted by Gasteiger charge is -2.31. The maximum absolute atomic E-state index is 3.60. The molecule has 0 amide bonds. The van der Waals surface area contributed by atoms with E-state index < -0.39 is 0 Å². The quantitative estimate of drug-likeness (QED) is 0.742. The number of hydrogen-bond acceptors (Lipinski definition) is 1. The molecule has 0 saturated heterocycles. The molecule has 0 aliphatic heterocycles. The van der Waals surface area contributed by atoms with E-state index in [1.54, 1.807) is 11.1 Å². The minimum absolute atomic E-state index is 0.789. The van der Waals surface area contributed by atoms with Crippen LogP contribution in [0.15, 0.2) is 18.2 Å². The molecule has 0 atom stereocenters. The monoisotopic (exact) mass is 298 g/mol. The van der Waals surface area contributed by atoms with E-state index >= 15 is 0 Å². The van der Waals surface area contributed by atoms with Crippen molar-refractivity contribution in [1.82, 2.24) is 0 Å².